The van der Waals surface area contributed by atoms with E-state index in [0.717, 1.165) is 5.03 Å². The van der Waals surface area contributed by atoms with Crippen LogP contribution in [0.4, 0.5) is 0 Å². The largest absolute Gasteiger partial charge is 0.610 e. The van der Waals surface area contributed by atoms with E-state index in [0.29, 0.717) is 11.8 Å². The lowest BCUT2D eigenvalue weighted by Crippen LogP contribution is -2.16. The van der Waals surface area contributed by atoms with Gasteiger partial charge < -0.3 is 4.55 Å². The molecule has 1 aromatic rings. The lowest BCUT2D eigenvalue weighted by atomic mass is 9.79. The molecule has 0 saturated carbocycles. The van der Waals surface area contributed by atoms with Crippen LogP contribution in [0.1, 0.15) is 49.7 Å². The molecule has 82 valence electrons. The summed E-state index contributed by atoms with van der Waals surface area (Å²) in [5.41, 5.74) is 2.60. The lowest BCUT2D eigenvalue weighted by Gasteiger charge is -2.28. The number of hydrogen-bond donors (Lipinski definition) is 0. The van der Waals surface area contributed by atoms with Gasteiger partial charge in [0, 0.05) is 22.9 Å². The predicted octanol–water partition coefficient (Wildman–Crippen LogP) is 2.82. The Morgan fingerprint density at radius 3 is 2.67 bits per heavy atom. The van der Waals surface area contributed by atoms with Gasteiger partial charge in [0.25, 0.3) is 0 Å². The van der Waals surface area contributed by atoms with Crippen molar-refractivity contribution in [2.45, 2.75) is 43.6 Å². The van der Waals surface area contributed by atoms with Gasteiger partial charge in [-0.25, -0.2) is 4.98 Å². The third-order valence-electron chi connectivity index (χ3n) is 3.32. The molecule has 2 rings (SSSR count). The second kappa shape index (κ2) is 4.14. The van der Waals surface area contributed by atoms with E-state index in [-0.39, 0.29) is 0 Å². The number of hydrogen-bond acceptors (Lipinski definition) is 2. The summed E-state index contributed by atoms with van der Waals surface area (Å²) in [5, 5.41) is 0.798. The zero-order valence-electron chi connectivity index (χ0n) is 9.49. The molecule has 2 nitrogen and oxygen atoms in total. The van der Waals surface area contributed by atoms with Gasteiger partial charge in [-0.15, -0.1) is 0 Å². The third kappa shape index (κ3) is 1.91. The average molecular weight is 223 g/mol. The van der Waals surface area contributed by atoms with Crippen molar-refractivity contribution in [1.29, 1.82) is 0 Å². The van der Waals surface area contributed by atoms with Crippen LogP contribution >= 0.6 is 0 Å². The Morgan fingerprint density at radius 1 is 1.33 bits per heavy atom. The van der Waals surface area contributed by atoms with Gasteiger partial charge in [-0.05, 0) is 36.3 Å². The highest BCUT2D eigenvalue weighted by molar-refractivity contribution is 7.90. The summed E-state index contributed by atoms with van der Waals surface area (Å²) in [5.74, 6) is 1.09. The molecular formula is C12H17NOS. The van der Waals surface area contributed by atoms with Crippen molar-refractivity contribution in [1.82, 2.24) is 4.98 Å². The van der Waals surface area contributed by atoms with E-state index < -0.39 is 11.2 Å². The molecule has 3 atom stereocenters. The van der Waals surface area contributed by atoms with Gasteiger partial charge in [-0.1, -0.05) is 13.8 Å². The van der Waals surface area contributed by atoms with Crippen LogP contribution in [-0.4, -0.2) is 15.8 Å². The van der Waals surface area contributed by atoms with Crippen LogP contribution in [0.5, 0.6) is 0 Å². The maximum Gasteiger partial charge on any atom is 0.247 e. The predicted molar refractivity (Wildman–Crippen MR) is 62.6 cm³/mol. The summed E-state index contributed by atoms with van der Waals surface area (Å²) in [6.07, 6.45) is 5.93. The van der Waals surface area contributed by atoms with E-state index in [1.54, 1.807) is 12.5 Å². The Kier molecular flexibility index (Phi) is 3.03. The molecule has 0 aromatic carbocycles. The van der Waals surface area contributed by atoms with Crippen LogP contribution in [0.15, 0.2) is 17.3 Å². The van der Waals surface area contributed by atoms with Crippen molar-refractivity contribution in [2.75, 3.05) is 6.26 Å². The van der Waals surface area contributed by atoms with Crippen molar-refractivity contribution in [3.8, 4) is 0 Å². The van der Waals surface area contributed by atoms with E-state index in [2.05, 4.69) is 24.9 Å². The average Bonchev–Trinajstić information content (AvgIpc) is 2.23. The summed E-state index contributed by atoms with van der Waals surface area (Å²) in [4.78, 5) is 4.28. The summed E-state index contributed by atoms with van der Waals surface area (Å²) < 4.78 is 11.6. The zero-order valence-corrected chi connectivity index (χ0v) is 10.3. The van der Waals surface area contributed by atoms with E-state index in [9.17, 15) is 4.55 Å². The van der Waals surface area contributed by atoms with Crippen LogP contribution in [0.25, 0.3) is 0 Å². The van der Waals surface area contributed by atoms with Gasteiger partial charge in [-0.2, -0.15) is 0 Å². The molecule has 1 aliphatic carbocycles. The van der Waals surface area contributed by atoms with Gasteiger partial charge in [0.15, 0.2) is 0 Å². The molecule has 1 aliphatic rings. The quantitative estimate of drug-likeness (QED) is 0.686. The number of rotatable bonds is 1. The van der Waals surface area contributed by atoms with Crippen LogP contribution in [0, 0.1) is 0 Å². The van der Waals surface area contributed by atoms with Crippen molar-refractivity contribution in [2.24, 2.45) is 0 Å². The normalized spacial score (nSPS) is 27.2. The summed E-state index contributed by atoms with van der Waals surface area (Å²) in [6.45, 7) is 4.45. The van der Waals surface area contributed by atoms with Gasteiger partial charge in [0.2, 0.25) is 5.03 Å². The van der Waals surface area contributed by atoms with Gasteiger partial charge in [0.1, 0.15) is 6.26 Å². The van der Waals surface area contributed by atoms with Crippen LogP contribution in [0.3, 0.4) is 0 Å². The Bertz CT molecular complexity index is 350. The van der Waals surface area contributed by atoms with Crippen molar-refractivity contribution in [3.63, 3.8) is 0 Å². The maximum atomic E-state index is 11.6. The second-order valence-electron chi connectivity index (χ2n) is 4.45. The second-order valence-corrected chi connectivity index (χ2v) is 5.75. The van der Waals surface area contributed by atoms with E-state index in [1.807, 2.05) is 0 Å². The first-order chi connectivity index (χ1) is 7.11. The Labute approximate surface area is 94.3 Å². The van der Waals surface area contributed by atoms with Gasteiger partial charge >= 0.3 is 0 Å². The van der Waals surface area contributed by atoms with Crippen molar-refractivity contribution >= 4 is 11.2 Å². The molecule has 0 N–H and O–H groups in total. The standard InChI is InChI=1S/C12H17NOS/c1-8-4-5-9(2)11-10(8)6-7-13-12(11)15(3)14/h6-9H,4-5H2,1-3H3. The fourth-order valence-electron chi connectivity index (χ4n) is 2.42. The topological polar surface area (TPSA) is 36.0 Å². The first-order valence-electron chi connectivity index (χ1n) is 5.43. The Balaban J connectivity index is 2.56. The van der Waals surface area contributed by atoms with E-state index in [4.69, 9.17) is 0 Å². The molecule has 1 aromatic heterocycles. The molecule has 0 aliphatic heterocycles. The highest BCUT2D eigenvalue weighted by Gasteiger charge is 2.28. The molecule has 0 fully saturated rings. The molecule has 0 saturated heterocycles. The third-order valence-corrected chi connectivity index (χ3v) is 4.19. The lowest BCUT2D eigenvalue weighted by molar-refractivity contribution is 0.510. The van der Waals surface area contributed by atoms with Crippen molar-refractivity contribution in [3.05, 3.63) is 23.4 Å². The SMILES string of the molecule is CC1CCC(C)c2c1ccnc2[S+](C)[O-]. The van der Waals surface area contributed by atoms with E-state index in [1.165, 1.54) is 24.0 Å². The van der Waals surface area contributed by atoms with Crippen LogP contribution in [-0.2, 0) is 11.2 Å². The minimum Gasteiger partial charge on any atom is -0.610 e. The molecule has 1 heterocycles. The fraction of sp³-hybridized carbons (Fsp3) is 0.583. The molecule has 3 unspecified atom stereocenters. The minimum atomic E-state index is -0.965. The minimum absolute atomic E-state index is 0.504. The molecule has 0 amide bonds. The van der Waals surface area contributed by atoms with Crippen LogP contribution in [0.2, 0.25) is 0 Å². The number of nitrogens with zero attached hydrogens (tertiary/aromatic N) is 1. The molecular weight excluding hydrogens is 206 g/mol. The fourth-order valence-corrected chi connectivity index (χ4v) is 3.26. The molecule has 0 radical (unpaired) electrons. The van der Waals surface area contributed by atoms with E-state index >= 15 is 0 Å². The van der Waals surface area contributed by atoms with Crippen LogP contribution < -0.4 is 0 Å². The Hall–Kier alpha value is -0.540. The number of pyridine rings is 1. The first kappa shape index (κ1) is 11.0. The Morgan fingerprint density at radius 2 is 2.00 bits per heavy atom. The first-order valence-corrected chi connectivity index (χ1v) is 6.99. The highest BCUT2D eigenvalue weighted by Crippen LogP contribution is 2.40. The summed E-state index contributed by atoms with van der Waals surface area (Å²) in [6, 6.07) is 2.09. The summed E-state index contributed by atoms with van der Waals surface area (Å²) >= 11 is -0.965. The number of aromatic nitrogens is 1. The summed E-state index contributed by atoms with van der Waals surface area (Å²) in [7, 11) is 0. The molecule has 0 bridgehead atoms. The van der Waals surface area contributed by atoms with Crippen molar-refractivity contribution < 1.29 is 4.55 Å². The zero-order chi connectivity index (χ0) is 11.0. The highest BCUT2D eigenvalue weighted by atomic mass is 32.2. The molecule has 0 spiro atoms. The van der Waals surface area contributed by atoms with Gasteiger partial charge in [-0.3, -0.25) is 0 Å². The number of fused-ring (bicyclic) bond motifs is 1. The smallest absolute Gasteiger partial charge is 0.247 e. The van der Waals surface area contributed by atoms with Gasteiger partial charge in [0.05, 0.1) is 0 Å². The monoisotopic (exact) mass is 223 g/mol. The molecule has 3 heteroatoms. The maximum absolute atomic E-state index is 11.6. The molecule has 15 heavy (non-hydrogen) atoms.